The Hall–Kier alpha value is -2.18. The van der Waals surface area contributed by atoms with E-state index in [1.807, 2.05) is 17.5 Å². The molecule has 0 bridgehead atoms. The highest BCUT2D eigenvalue weighted by atomic mass is 32.1. The lowest BCUT2D eigenvalue weighted by Crippen LogP contribution is -2.36. The normalized spacial score (nSPS) is 18.3. The number of hydrogen-bond acceptors (Lipinski definition) is 4. The van der Waals surface area contributed by atoms with Crippen molar-refractivity contribution in [3.8, 4) is 0 Å². The zero-order valence-electron chi connectivity index (χ0n) is 14.0. The standard InChI is InChI=1S/C19H21NO4S/c1-12-8-13(10-14(9-12)19(23)24)18(22)20-6-2-4-15(20)11-16(21)17-5-3-7-25-17/h3,5,7-10,15-16,21H,2,4,6,11H2,1H3,(H,23,24). The Bertz CT molecular complexity index is 772. The molecule has 2 unspecified atom stereocenters. The summed E-state index contributed by atoms with van der Waals surface area (Å²) < 4.78 is 0. The molecule has 1 aliphatic heterocycles. The van der Waals surface area contributed by atoms with E-state index in [1.165, 1.54) is 17.4 Å². The molecular formula is C19H21NO4S. The number of thiophene rings is 1. The molecule has 1 amide bonds. The molecule has 3 rings (SSSR count). The van der Waals surface area contributed by atoms with Gasteiger partial charge in [0.05, 0.1) is 11.7 Å². The second-order valence-electron chi connectivity index (χ2n) is 6.45. The van der Waals surface area contributed by atoms with Crippen LogP contribution in [0.15, 0.2) is 35.7 Å². The molecule has 0 saturated carbocycles. The van der Waals surface area contributed by atoms with Gasteiger partial charge in [0, 0.05) is 23.0 Å². The minimum absolute atomic E-state index is 0.0293. The van der Waals surface area contributed by atoms with Gasteiger partial charge in [-0.3, -0.25) is 4.79 Å². The Morgan fingerprint density at radius 2 is 2.08 bits per heavy atom. The third kappa shape index (κ3) is 3.91. The number of likely N-dealkylation sites (tertiary alicyclic amines) is 1. The minimum Gasteiger partial charge on any atom is -0.478 e. The predicted molar refractivity (Wildman–Crippen MR) is 96.1 cm³/mol. The molecule has 0 radical (unpaired) electrons. The van der Waals surface area contributed by atoms with Crippen LogP contribution in [0.25, 0.3) is 0 Å². The molecule has 0 aliphatic carbocycles. The zero-order valence-corrected chi connectivity index (χ0v) is 14.8. The molecule has 6 heteroatoms. The van der Waals surface area contributed by atoms with Gasteiger partial charge in [-0.2, -0.15) is 0 Å². The van der Waals surface area contributed by atoms with Crippen LogP contribution in [0.2, 0.25) is 0 Å². The molecule has 2 N–H and O–H groups in total. The highest BCUT2D eigenvalue weighted by Gasteiger charge is 2.31. The molecule has 2 aromatic rings. The molecule has 1 aromatic heterocycles. The van der Waals surface area contributed by atoms with E-state index in [0.29, 0.717) is 18.5 Å². The molecule has 1 aromatic carbocycles. The van der Waals surface area contributed by atoms with E-state index in [2.05, 4.69) is 0 Å². The van der Waals surface area contributed by atoms with Crippen molar-refractivity contribution in [2.45, 2.75) is 38.3 Å². The van der Waals surface area contributed by atoms with Crippen LogP contribution in [0.3, 0.4) is 0 Å². The van der Waals surface area contributed by atoms with E-state index in [-0.39, 0.29) is 17.5 Å². The summed E-state index contributed by atoms with van der Waals surface area (Å²) in [5.74, 6) is -1.20. The number of benzene rings is 1. The number of hydrogen-bond donors (Lipinski definition) is 2. The summed E-state index contributed by atoms with van der Waals surface area (Å²) in [6.07, 6.45) is 1.67. The number of carbonyl (C=O) groups excluding carboxylic acids is 1. The third-order valence-electron chi connectivity index (χ3n) is 4.58. The molecule has 2 atom stereocenters. The number of nitrogens with zero attached hydrogens (tertiary/aromatic N) is 1. The number of aliphatic hydroxyl groups excluding tert-OH is 1. The fourth-order valence-electron chi connectivity index (χ4n) is 3.40. The molecule has 2 heterocycles. The van der Waals surface area contributed by atoms with Gasteiger partial charge >= 0.3 is 5.97 Å². The molecule has 1 saturated heterocycles. The summed E-state index contributed by atoms with van der Waals surface area (Å²) in [5.41, 5.74) is 1.27. The highest BCUT2D eigenvalue weighted by molar-refractivity contribution is 7.10. The number of rotatable bonds is 5. The summed E-state index contributed by atoms with van der Waals surface area (Å²) in [7, 11) is 0. The van der Waals surface area contributed by atoms with Gasteiger partial charge in [0.15, 0.2) is 0 Å². The van der Waals surface area contributed by atoms with Crippen LogP contribution in [-0.2, 0) is 0 Å². The highest BCUT2D eigenvalue weighted by Crippen LogP contribution is 2.30. The summed E-state index contributed by atoms with van der Waals surface area (Å²) in [4.78, 5) is 26.8. The van der Waals surface area contributed by atoms with Gasteiger partial charge in [-0.05, 0) is 61.4 Å². The number of aliphatic hydroxyl groups is 1. The lowest BCUT2D eigenvalue weighted by atomic mass is 10.0. The maximum Gasteiger partial charge on any atom is 0.335 e. The number of aromatic carboxylic acids is 1. The number of amides is 1. The van der Waals surface area contributed by atoms with Gasteiger partial charge < -0.3 is 15.1 Å². The van der Waals surface area contributed by atoms with E-state index >= 15 is 0 Å². The average molecular weight is 359 g/mol. The minimum atomic E-state index is -1.04. The van der Waals surface area contributed by atoms with Crippen molar-refractivity contribution in [1.29, 1.82) is 0 Å². The van der Waals surface area contributed by atoms with Crippen molar-refractivity contribution < 1.29 is 19.8 Å². The van der Waals surface area contributed by atoms with E-state index in [9.17, 15) is 19.8 Å². The largest absolute Gasteiger partial charge is 0.478 e. The van der Waals surface area contributed by atoms with Crippen LogP contribution in [0, 0.1) is 6.92 Å². The lowest BCUT2D eigenvalue weighted by molar-refractivity contribution is 0.0670. The van der Waals surface area contributed by atoms with Crippen molar-refractivity contribution >= 4 is 23.2 Å². The van der Waals surface area contributed by atoms with Gasteiger partial charge in [0.1, 0.15) is 0 Å². The Morgan fingerprint density at radius 3 is 2.76 bits per heavy atom. The maximum absolute atomic E-state index is 12.9. The van der Waals surface area contributed by atoms with Crippen LogP contribution in [0.4, 0.5) is 0 Å². The average Bonchev–Trinajstić information content (AvgIpc) is 3.25. The van der Waals surface area contributed by atoms with Gasteiger partial charge in [-0.25, -0.2) is 4.79 Å². The maximum atomic E-state index is 12.9. The second-order valence-corrected chi connectivity index (χ2v) is 7.43. The molecule has 25 heavy (non-hydrogen) atoms. The van der Waals surface area contributed by atoms with Gasteiger partial charge in [0.25, 0.3) is 5.91 Å². The molecule has 132 valence electrons. The lowest BCUT2D eigenvalue weighted by Gasteiger charge is -2.26. The first kappa shape index (κ1) is 17.6. The Morgan fingerprint density at radius 1 is 1.32 bits per heavy atom. The van der Waals surface area contributed by atoms with E-state index in [4.69, 9.17) is 0 Å². The number of carboxylic acid groups (broad SMARTS) is 1. The topological polar surface area (TPSA) is 77.8 Å². The van der Waals surface area contributed by atoms with Crippen molar-refractivity contribution in [2.24, 2.45) is 0 Å². The predicted octanol–water partition coefficient (Wildman–Crippen LogP) is 3.48. The van der Waals surface area contributed by atoms with Gasteiger partial charge in [-0.1, -0.05) is 6.07 Å². The molecule has 5 nitrogen and oxygen atoms in total. The summed E-state index contributed by atoms with van der Waals surface area (Å²) in [5, 5.41) is 21.5. The molecule has 1 fully saturated rings. The van der Waals surface area contributed by atoms with Crippen LogP contribution < -0.4 is 0 Å². The summed E-state index contributed by atoms with van der Waals surface area (Å²) in [6.45, 7) is 2.42. The number of carbonyl (C=O) groups is 2. The zero-order chi connectivity index (χ0) is 18.0. The van der Waals surface area contributed by atoms with Crippen LogP contribution in [0.1, 0.15) is 56.5 Å². The summed E-state index contributed by atoms with van der Waals surface area (Å²) in [6, 6.07) is 8.49. The fraction of sp³-hybridized carbons (Fsp3) is 0.368. The van der Waals surface area contributed by atoms with Crippen molar-refractivity contribution in [2.75, 3.05) is 6.54 Å². The van der Waals surface area contributed by atoms with Crippen molar-refractivity contribution in [3.63, 3.8) is 0 Å². The van der Waals surface area contributed by atoms with E-state index in [0.717, 1.165) is 23.3 Å². The Kier molecular flexibility index (Phi) is 5.20. The van der Waals surface area contributed by atoms with Crippen LogP contribution in [0.5, 0.6) is 0 Å². The second kappa shape index (κ2) is 7.37. The molecule has 1 aliphatic rings. The number of carboxylic acids is 1. The Labute approximate surface area is 150 Å². The van der Waals surface area contributed by atoms with Gasteiger partial charge in [0.2, 0.25) is 0 Å². The van der Waals surface area contributed by atoms with E-state index < -0.39 is 12.1 Å². The SMILES string of the molecule is Cc1cc(C(=O)O)cc(C(=O)N2CCCC2CC(O)c2cccs2)c1. The van der Waals surface area contributed by atoms with Crippen LogP contribution >= 0.6 is 11.3 Å². The first-order valence-corrected chi connectivity index (χ1v) is 9.21. The Balaban J connectivity index is 1.78. The van der Waals surface area contributed by atoms with Gasteiger partial charge in [-0.15, -0.1) is 11.3 Å². The molecular weight excluding hydrogens is 338 g/mol. The van der Waals surface area contributed by atoms with E-state index in [1.54, 1.807) is 24.0 Å². The smallest absolute Gasteiger partial charge is 0.335 e. The van der Waals surface area contributed by atoms with Crippen molar-refractivity contribution in [3.05, 3.63) is 57.3 Å². The van der Waals surface area contributed by atoms with Crippen LogP contribution in [-0.4, -0.2) is 39.6 Å². The fourth-order valence-corrected chi connectivity index (χ4v) is 4.12. The number of aryl methyl sites for hydroxylation is 1. The third-order valence-corrected chi connectivity index (χ3v) is 5.55. The van der Waals surface area contributed by atoms with Crippen molar-refractivity contribution in [1.82, 2.24) is 4.90 Å². The quantitative estimate of drug-likeness (QED) is 0.857. The first-order valence-electron chi connectivity index (χ1n) is 8.33. The monoisotopic (exact) mass is 359 g/mol. The summed E-state index contributed by atoms with van der Waals surface area (Å²) >= 11 is 1.51. The molecule has 0 spiro atoms. The first-order chi connectivity index (χ1) is 12.0.